The molecule has 40 heavy (non-hydrogen) atoms. The van der Waals surface area contributed by atoms with Crippen LogP contribution in [0.5, 0.6) is 0 Å². The maximum absolute atomic E-state index is 12.9. The zero-order valence-corrected chi connectivity index (χ0v) is 22.0. The van der Waals surface area contributed by atoms with E-state index in [1.54, 1.807) is 10.9 Å². The van der Waals surface area contributed by atoms with Gasteiger partial charge < -0.3 is 11.1 Å². The maximum Gasteiger partial charge on any atom is 0.416 e. The van der Waals surface area contributed by atoms with E-state index in [1.165, 1.54) is 12.1 Å². The van der Waals surface area contributed by atoms with Gasteiger partial charge in [0.1, 0.15) is 5.56 Å². The molecular formula is C29H31F3N6O2. The number of nitrogens with one attached hydrogen (secondary N) is 1. The molecule has 8 nitrogen and oxygen atoms in total. The van der Waals surface area contributed by atoms with Crippen molar-refractivity contribution in [2.24, 2.45) is 11.7 Å². The van der Waals surface area contributed by atoms with Gasteiger partial charge in [0.2, 0.25) is 5.91 Å². The summed E-state index contributed by atoms with van der Waals surface area (Å²) in [6.45, 7) is 2.54. The number of nitriles is 1. The fourth-order valence-corrected chi connectivity index (χ4v) is 4.39. The number of hydrogen-bond acceptors (Lipinski definition) is 5. The molecule has 0 bridgehead atoms. The summed E-state index contributed by atoms with van der Waals surface area (Å²) in [4.78, 5) is 26.2. The van der Waals surface area contributed by atoms with Gasteiger partial charge in [-0.05, 0) is 61.1 Å². The molecule has 1 heterocycles. The Kier molecular flexibility index (Phi) is 9.22. The van der Waals surface area contributed by atoms with Gasteiger partial charge in [-0.25, -0.2) is 0 Å². The number of benzene rings is 2. The minimum Gasteiger partial charge on any atom is -0.365 e. The Bertz CT molecular complexity index is 1360. The van der Waals surface area contributed by atoms with Gasteiger partial charge >= 0.3 is 6.18 Å². The fraction of sp³-hybridized carbons (Fsp3) is 0.379. The standard InChI is InChI=1S/C29H31F3N6O2/c30-29(31,32)24-12-10-22(11-13-24)21-6-4-20(5-7-21)18-37(15-2-1-14-33)16-3-17-38-19-25(26(34)39)27(36-38)35-28(40)23-8-9-23/h4-7,10-13,19,23H,1-3,8-9,15-18H2,(H2,34,39)(H,35,36,40). The van der Waals surface area contributed by atoms with E-state index < -0.39 is 17.6 Å². The van der Waals surface area contributed by atoms with Crippen molar-refractivity contribution in [3.63, 3.8) is 0 Å². The SMILES string of the molecule is N#CCCCN(CCCn1cc(C(N)=O)c(NC(=O)C2CC2)n1)Cc1ccc(-c2ccc(C(F)(F)F)cc2)cc1. The molecule has 4 rings (SSSR count). The molecule has 2 aromatic carbocycles. The average molecular weight is 553 g/mol. The Balaban J connectivity index is 1.36. The molecule has 3 aromatic rings. The van der Waals surface area contributed by atoms with Crippen molar-refractivity contribution < 1.29 is 22.8 Å². The number of aryl methyl sites for hydroxylation is 1. The van der Waals surface area contributed by atoms with E-state index in [4.69, 9.17) is 11.0 Å². The van der Waals surface area contributed by atoms with Crippen molar-refractivity contribution in [1.29, 1.82) is 5.26 Å². The van der Waals surface area contributed by atoms with Crippen molar-refractivity contribution in [2.45, 2.75) is 51.4 Å². The molecule has 0 spiro atoms. The van der Waals surface area contributed by atoms with Gasteiger partial charge in [-0.2, -0.15) is 23.5 Å². The van der Waals surface area contributed by atoms with Crippen LogP contribution in [0, 0.1) is 17.2 Å². The number of alkyl halides is 3. The predicted octanol–water partition coefficient (Wildman–Crippen LogP) is 5.21. The largest absolute Gasteiger partial charge is 0.416 e. The second-order valence-electron chi connectivity index (χ2n) is 9.95. The van der Waals surface area contributed by atoms with Crippen LogP contribution in [-0.2, 0) is 24.1 Å². The minimum absolute atomic E-state index is 0.0307. The lowest BCUT2D eigenvalue weighted by Gasteiger charge is -2.22. The third-order valence-corrected chi connectivity index (χ3v) is 6.75. The van der Waals surface area contributed by atoms with Crippen LogP contribution >= 0.6 is 0 Å². The van der Waals surface area contributed by atoms with Crippen molar-refractivity contribution in [3.05, 3.63) is 71.4 Å². The molecule has 0 radical (unpaired) electrons. The Morgan fingerprint density at radius 3 is 2.25 bits per heavy atom. The molecule has 0 unspecified atom stereocenters. The van der Waals surface area contributed by atoms with Crippen LogP contribution in [0.1, 0.15) is 53.6 Å². The van der Waals surface area contributed by atoms with Gasteiger partial charge in [-0.15, -0.1) is 0 Å². The zero-order chi connectivity index (χ0) is 28.7. The number of nitrogens with two attached hydrogens (primary N) is 1. The molecule has 0 saturated heterocycles. The molecule has 1 fully saturated rings. The monoisotopic (exact) mass is 552 g/mol. The summed E-state index contributed by atoms with van der Waals surface area (Å²) in [6.07, 6.45) is 0.694. The molecule has 1 aliphatic carbocycles. The number of nitrogens with zero attached hydrogens (tertiary/aromatic N) is 4. The highest BCUT2D eigenvalue weighted by Gasteiger charge is 2.31. The molecule has 0 atom stereocenters. The number of anilines is 1. The number of hydrogen-bond donors (Lipinski definition) is 2. The number of unbranched alkanes of at least 4 members (excludes halogenated alkanes) is 1. The number of primary amides is 1. The lowest BCUT2D eigenvalue weighted by atomic mass is 10.0. The molecular weight excluding hydrogens is 521 g/mol. The van der Waals surface area contributed by atoms with Crippen LogP contribution in [0.4, 0.5) is 19.0 Å². The zero-order valence-electron chi connectivity index (χ0n) is 22.0. The summed E-state index contributed by atoms with van der Waals surface area (Å²) in [5.74, 6) is -0.656. The Morgan fingerprint density at radius 2 is 1.68 bits per heavy atom. The fourth-order valence-electron chi connectivity index (χ4n) is 4.39. The van der Waals surface area contributed by atoms with E-state index in [-0.39, 0.29) is 23.2 Å². The van der Waals surface area contributed by atoms with Crippen LogP contribution in [0.2, 0.25) is 0 Å². The molecule has 3 N–H and O–H groups in total. The lowest BCUT2D eigenvalue weighted by Crippen LogP contribution is -2.26. The van der Waals surface area contributed by atoms with E-state index in [0.29, 0.717) is 51.0 Å². The smallest absolute Gasteiger partial charge is 0.365 e. The first-order chi connectivity index (χ1) is 19.1. The first-order valence-corrected chi connectivity index (χ1v) is 13.2. The summed E-state index contributed by atoms with van der Waals surface area (Å²) >= 11 is 0. The summed E-state index contributed by atoms with van der Waals surface area (Å²) in [5, 5.41) is 16.0. The van der Waals surface area contributed by atoms with Gasteiger partial charge in [-0.3, -0.25) is 19.2 Å². The maximum atomic E-state index is 12.9. The molecule has 210 valence electrons. The first-order valence-electron chi connectivity index (χ1n) is 13.2. The number of rotatable bonds is 13. The van der Waals surface area contributed by atoms with Crippen LogP contribution in [-0.4, -0.2) is 39.6 Å². The summed E-state index contributed by atoms with van der Waals surface area (Å²) in [7, 11) is 0. The summed E-state index contributed by atoms with van der Waals surface area (Å²) in [5.41, 5.74) is 7.53. The third-order valence-electron chi connectivity index (χ3n) is 6.75. The van der Waals surface area contributed by atoms with E-state index in [0.717, 1.165) is 36.1 Å². The molecule has 11 heteroatoms. The summed E-state index contributed by atoms with van der Waals surface area (Å²) in [6, 6.07) is 14.9. The third kappa shape index (κ3) is 7.93. The van der Waals surface area contributed by atoms with Crippen molar-refractivity contribution in [3.8, 4) is 17.2 Å². The average Bonchev–Trinajstić information content (AvgIpc) is 3.70. The van der Waals surface area contributed by atoms with E-state index in [2.05, 4.69) is 21.4 Å². The second-order valence-corrected chi connectivity index (χ2v) is 9.95. The van der Waals surface area contributed by atoms with E-state index >= 15 is 0 Å². The number of amides is 2. The molecule has 1 aliphatic rings. The predicted molar refractivity (Wildman–Crippen MR) is 144 cm³/mol. The van der Waals surface area contributed by atoms with Crippen LogP contribution < -0.4 is 11.1 Å². The van der Waals surface area contributed by atoms with Gasteiger partial charge in [-0.1, -0.05) is 36.4 Å². The van der Waals surface area contributed by atoms with Crippen molar-refractivity contribution in [2.75, 3.05) is 18.4 Å². The molecule has 1 aromatic heterocycles. The molecule has 2 amide bonds. The lowest BCUT2D eigenvalue weighted by molar-refractivity contribution is -0.137. The Labute approximate surface area is 230 Å². The molecule has 0 aliphatic heterocycles. The summed E-state index contributed by atoms with van der Waals surface area (Å²) < 4.78 is 40.2. The van der Waals surface area contributed by atoms with E-state index in [9.17, 15) is 22.8 Å². The highest BCUT2D eigenvalue weighted by Crippen LogP contribution is 2.31. The van der Waals surface area contributed by atoms with Crippen molar-refractivity contribution in [1.82, 2.24) is 14.7 Å². The number of carbonyl (C=O) groups is 2. The number of carbonyl (C=O) groups excluding carboxylic acids is 2. The quantitative estimate of drug-likeness (QED) is 0.282. The number of halogens is 3. The highest BCUT2D eigenvalue weighted by molar-refractivity contribution is 6.02. The van der Waals surface area contributed by atoms with Crippen LogP contribution in [0.25, 0.3) is 11.1 Å². The number of aromatic nitrogens is 2. The second kappa shape index (κ2) is 12.8. The van der Waals surface area contributed by atoms with Gasteiger partial charge in [0.15, 0.2) is 5.82 Å². The van der Waals surface area contributed by atoms with E-state index in [1.807, 2.05) is 24.3 Å². The highest BCUT2D eigenvalue weighted by atomic mass is 19.4. The van der Waals surface area contributed by atoms with Gasteiger partial charge in [0, 0.05) is 38.2 Å². The van der Waals surface area contributed by atoms with Crippen molar-refractivity contribution >= 4 is 17.6 Å². The molecule has 1 saturated carbocycles. The Hall–Kier alpha value is -4.17. The van der Waals surface area contributed by atoms with Gasteiger partial charge in [0.05, 0.1) is 11.6 Å². The van der Waals surface area contributed by atoms with Crippen LogP contribution in [0.15, 0.2) is 54.7 Å². The normalized spacial score (nSPS) is 13.3. The van der Waals surface area contributed by atoms with Crippen LogP contribution in [0.3, 0.4) is 0 Å². The van der Waals surface area contributed by atoms with Gasteiger partial charge in [0.25, 0.3) is 5.91 Å². The topological polar surface area (TPSA) is 117 Å². The first kappa shape index (κ1) is 28.8. The minimum atomic E-state index is -4.37. The Morgan fingerprint density at radius 1 is 1.05 bits per heavy atom.